The first kappa shape index (κ1) is 18.0. The molecule has 0 saturated carbocycles. The first-order chi connectivity index (χ1) is 13.2. The van der Waals surface area contributed by atoms with Crippen LogP contribution in [0.1, 0.15) is 24.2 Å². The molecule has 1 amide bonds. The van der Waals surface area contributed by atoms with Crippen molar-refractivity contribution in [3.63, 3.8) is 0 Å². The zero-order valence-electron chi connectivity index (χ0n) is 15.0. The molecule has 0 unspecified atom stereocenters. The lowest BCUT2D eigenvalue weighted by Gasteiger charge is -2.36. The van der Waals surface area contributed by atoms with Gasteiger partial charge >= 0.3 is 0 Å². The van der Waals surface area contributed by atoms with Crippen LogP contribution in [-0.4, -0.2) is 35.6 Å². The van der Waals surface area contributed by atoms with Crippen LogP contribution >= 0.6 is 11.6 Å². The van der Waals surface area contributed by atoms with Crippen molar-refractivity contribution in [3.8, 4) is 0 Å². The average Bonchev–Trinajstić information content (AvgIpc) is 3.11. The van der Waals surface area contributed by atoms with E-state index in [0.29, 0.717) is 44.0 Å². The van der Waals surface area contributed by atoms with E-state index in [1.54, 1.807) is 0 Å². The number of aromatic nitrogens is 2. The van der Waals surface area contributed by atoms with Crippen molar-refractivity contribution in [1.82, 2.24) is 15.3 Å². The van der Waals surface area contributed by atoms with Crippen LogP contribution in [0.25, 0.3) is 11.0 Å². The van der Waals surface area contributed by atoms with Gasteiger partial charge in [-0.15, -0.1) is 0 Å². The fourth-order valence-corrected chi connectivity index (χ4v) is 3.93. The molecule has 2 aromatic carbocycles. The van der Waals surface area contributed by atoms with Crippen LogP contribution in [0, 0.1) is 0 Å². The first-order valence-electron chi connectivity index (χ1n) is 9.23. The largest absolute Gasteiger partial charge is 0.381 e. The van der Waals surface area contributed by atoms with E-state index in [0.717, 1.165) is 22.4 Å². The molecule has 1 saturated heterocycles. The molecule has 1 aliphatic rings. The van der Waals surface area contributed by atoms with E-state index in [-0.39, 0.29) is 5.91 Å². The van der Waals surface area contributed by atoms with E-state index in [4.69, 9.17) is 16.3 Å². The molecular formula is C21H22ClN3O2. The zero-order chi connectivity index (χ0) is 18.7. The van der Waals surface area contributed by atoms with E-state index in [1.807, 2.05) is 48.5 Å². The minimum atomic E-state index is -0.586. The Morgan fingerprint density at radius 3 is 2.78 bits per heavy atom. The summed E-state index contributed by atoms with van der Waals surface area (Å²) in [6.07, 6.45) is 1.97. The number of halogens is 1. The molecule has 1 fully saturated rings. The number of amides is 1. The first-order valence-corrected chi connectivity index (χ1v) is 9.61. The Labute approximate surface area is 163 Å². The molecule has 0 atom stereocenters. The zero-order valence-corrected chi connectivity index (χ0v) is 15.8. The van der Waals surface area contributed by atoms with E-state index in [9.17, 15) is 4.79 Å². The number of nitrogens with zero attached hydrogens (tertiary/aromatic N) is 1. The number of carbonyl (C=O) groups is 1. The molecular weight excluding hydrogens is 362 g/mol. The summed E-state index contributed by atoms with van der Waals surface area (Å²) in [5.74, 6) is 0.907. The Kier molecular flexibility index (Phi) is 5.14. The second-order valence-corrected chi connectivity index (χ2v) is 7.35. The van der Waals surface area contributed by atoms with Crippen LogP contribution in [0.2, 0.25) is 5.02 Å². The van der Waals surface area contributed by atoms with Gasteiger partial charge in [0.2, 0.25) is 5.91 Å². The molecule has 5 nitrogen and oxygen atoms in total. The molecule has 4 rings (SSSR count). The van der Waals surface area contributed by atoms with E-state index >= 15 is 0 Å². The highest BCUT2D eigenvalue weighted by atomic mass is 35.5. The van der Waals surface area contributed by atoms with Crippen molar-refractivity contribution in [3.05, 3.63) is 64.9 Å². The molecule has 0 spiro atoms. The number of fused-ring (bicyclic) bond motifs is 1. The number of rotatable bonds is 5. The van der Waals surface area contributed by atoms with E-state index in [2.05, 4.69) is 15.3 Å². The van der Waals surface area contributed by atoms with E-state index < -0.39 is 5.41 Å². The summed E-state index contributed by atoms with van der Waals surface area (Å²) in [5.41, 5.74) is 2.33. The topological polar surface area (TPSA) is 67.0 Å². The third-order valence-corrected chi connectivity index (χ3v) is 5.48. The van der Waals surface area contributed by atoms with Gasteiger partial charge < -0.3 is 15.0 Å². The van der Waals surface area contributed by atoms with Gasteiger partial charge in [0.05, 0.1) is 16.4 Å². The summed E-state index contributed by atoms with van der Waals surface area (Å²) in [6, 6.07) is 15.5. The maximum atomic E-state index is 13.2. The highest BCUT2D eigenvalue weighted by molar-refractivity contribution is 6.30. The molecule has 3 aromatic rings. The van der Waals surface area contributed by atoms with Crippen molar-refractivity contribution in [2.24, 2.45) is 0 Å². The minimum Gasteiger partial charge on any atom is -0.381 e. The summed E-state index contributed by atoms with van der Waals surface area (Å²) in [4.78, 5) is 21.0. The lowest BCUT2D eigenvalue weighted by molar-refractivity contribution is -0.130. The number of H-pyrrole nitrogens is 1. The highest BCUT2D eigenvalue weighted by Gasteiger charge is 2.41. The van der Waals surface area contributed by atoms with Crippen molar-refractivity contribution in [2.45, 2.75) is 24.7 Å². The van der Waals surface area contributed by atoms with Gasteiger partial charge in [-0.05, 0) is 42.7 Å². The number of benzene rings is 2. The van der Waals surface area contributed by atoms with Crippen LogP contribution in [0.4, 0.5) is 0 Å². The minimum absolute atomic E-state index is 0.0316. The molecule has 0 bridgehead atoms. The van der Waals surface area contributed by atoms with Gasteiger partial charge in [-0.1, -0.05) is 35.9 Å². The van der Waals surface area contributed by atoms with Crippen molar-refractivity contribution in [2.75, 3.05) is 19.8 Å². The number of hydrogen-bond acceptors (Lipinski definition) is 3. The molecule has 6 heteroatoms. The summed E-state index contributed by atoms with van der Waals surface area (Å²) >= 11 is 6.18. The quantitative estimate of drug-likeness (QED) is 0.707. The van der Waals surface area contributed by atoms with E-state index in [1.165, 1.54) is 0 Å². The van der Waals surface area contributed by atoms with Gasteiger partial charge in [0.25, 0.3) is 0 Å². The second kappa shape index (κ2) is 7.71. The maximum Gasteiger partial charge on any atom is 0.230 e. The number of ether oxygens (including phenoxy) is 1. The summed E-state index contributed by atoms with van der Waals surface area (Å²) in [5, 5.41) is 3.75. The Bertz CT molecular complexity index is 914. The summed E-state index contributed by atoms with van der Waals surface area (Å²) in [6.45, 7) is 1.68. The monoisotopic (exact) mass is 383 g/mol. The Morgan fingerprint density at radius 2 is 2.00 bits per heavy atom. The third-order valence-electron chi connectivity index (χ3n) is 5.24. The number of nitrogens with one attached hydrogen (secondary N) is 2. The Balaban J connectivity index is 1.47. The molecule has 27 heavy (non-hydrogen) atoms. The fraction of sp³-hybridized carbons (Fsp3) is 0.333. The van der Waals surface area contributed by atoms with Crippen molar-refractivity contribution < 1.29 is 9.53 Å². The smallest absolute Gasteiger partial charge is 0.230 e. The third kappa shape index (κ3) is 3.70. The predicted octanol–water partition coefficient (Wildman–Crippen LogP) is 3.62. The molecule has 2 N–H and O–H groups in total. The molecule has 2 heterocycles. The number of para-hydroxylation sites is 2. The van der Waals surface area contributed by atoms with Crippen molar-refractivity contribution in [1.29, 1.82) is 0 Å². The highest BCUT2D eigenvalue weighted by Crippen LogP contribution is 2.36. The fourth-order valence-electron chi connectivity index (χ4n) is 3.74. The second-order valence-electron chi connectivity index (χ2n) is 6.91. The van der Waals surface area contributed by atoms with Crippen LogP contribution in [0.5, 0.6) is 0 Å². The van der Waals surface area contributed by atoms with Crippen LogP contribution in [-0.2, 0) is 21.4 Å². The molecule has 0 radical (unpaired) electrons. The van der Waals surface area contributed by atoms with Crippen LogP contribution in [0.3, 0.4) is 0 Å². The molecule has 1 aromatic heterocycles. The Hall–Kier alpha value is -2.37. The lowest BCUT2D eigenvalue weighted by Crippen LogP contribution is -2.48. The lowest BCUT2D eigenvalue weighted by atomic mass is 9.73. The number of hydrogen-bond donors (Lipinski definition) is 2. The van der Waals surface area contributed by atoms with Gasteiger partial charge in [0, 0.05) is 31.2 Å². The number of imidazole rings is 1. The van der Waals surface area contributed by atoms with Gasteiger partial charge in [-0.2, -0.15) is 0 Å². The number of aromatic amines is 1. The average molecular weight is 384 g/mol. The van der Waals surface area contributed by atoms with Crippen molar-refractivity contribution >= 4 is 28.5 Å². The predicted molar refractivity (Wildman–Crippen MR) is 106 cm³/mol. The van der Waals surface area contributed by atoms with Gasteiger partial charge in [0.15, 0.2) is 0 Å². The molecule has 0 aliphatic carbocycles. The van der Waals surface area contributed by atoms with Crippen LogP contribution in [0.15, 0.2) is 48.5 Å². The SMILES string of the molecule is O=C(NCCc1nc2ccccc2[nH]1)C1(c2cccc(Cl)c2)CCOCC1. The standard InChI is InChI=1S/C21H22ClN3O2/c22-16-5-3-4-15(14-16)21(9-12-27-13-10-21)20(26)23-11-8-19-24-17-6-1-2-7-18(17)25-19/h1-7,14H,8-13H2,(H,23,26)(H,24,25). The molecule has 140 valence electrons. The summed E-state index contributed by atoms with van der Waals surface area (Å²) < 4.78 is 5.51. The number of carbonyl (C=O) groups excluding carboxylic acids is 1. The summed E-state index contributed by atoms with van der Waals surface area (Å²) in [7, 11) is 0. The normalized spacial score (nSPS) is 16.3. The van der Waals surface area contributed by atoms with Gasteiger partial charge in [0.1, 0.15) is 5.82 Å². The van der Waals surface area contributed by atoms with Crippen LogP contribution < -0.4 is 5.32 Å². The van der Waals surface area contributed by atoms with Gasteiger partial charge in [-0.25, -0.2) is 4.98 Å². The molecule has 1 aliphatic heterocycles. The Morgan fingerprint density at radius 1 is 1.19 bits per heavy atom. The maximum absolute atomic E-state index is 13.2. The van der Waals surface area contributed by atoms with Gasteiger partial charge in [-0.3, -0.25) is 4.79 Å².